The minimum atomic E-state index is 0.574. The maximum Gasteiger partial charge on any atom is 0.131 e. The van der Waals surface area contributed by atoms with Gasteiger partial charge < -0.3 is 10.3 Å². The van der Waals surface area contributed by atoms with Crippen LogP contribution in [-0.2, 0) is 13.6 Å². The summed E-state index contributed by atoms with van der Waals surface area (Å²) in [6, 6.07) is 0. The molecule has 0 bridgehead atoms. The Morgan fingerprint density at radius 2 is 2.05 bits per heavy atom. The lowest BCUT2D eigenvalue weighted by Crippen LogP contribution is -2.09. The van der Waals surface area contributed by atoms with Crippen molar-refractivity contribution in [1.29, 1.82) is 0 Å². The normalized spacial score (nSPS) is 16.0. The highest BCUT2D eigenvalue weighted by atomic mass is 15.3. The summed E-state index contributed by atoms with van der Waals surface area (Å²) in [5.41, 5.74) is 9.52. The van der Waals surface area contributed by atoms with E-state index in [2.05, 4.69) is 23.5 Å². The monoisotopic (exact) mass is 287 g/mol. The summed E-state index contributed by atoms with van der Waals surface area (Å²) in [5, 5.41) is 4.33. The van der Waals surface area contributed by atoms with Crippen LogP contribution < -0.4 is 5.73 Å². The van der Waals surface area contributed by atoms with Gasteiger partial charge in [-0.2, -0.15) is 5.10 Å². The predicted molar refractivity (Wildman–Crippen MR) is 85.1 cm³/mol. The first-order chi connectivity index (χ1) is 10.1. The third-order valence-electron chi connectivity index (χ3n) is 4.69. The van der Waals surface area contributed by atoms with Gasteiger partial charge in [0, 0.05) is 30.8 Å². The van der Waals surface area contributed by atoms with Gasteiger partial charge in [0.05, 0.1) is 6.20 Å². The van der Waals surface area contributed by atoms with Crippen molar-refractivity contribution in [1.82, 2.24) is 19.3 Å². The van der Waals surface area contributed by atoms with Crippen LogP contribution in [0.4, 0.5) is 5.82 Å². The van der Waals surface area contributed by atoms with Crippen molar-refractivity contribution in [2.75, 3.05) is 5.73 Å². The zero-order valence-electron chi connectivity index (χ0n) is 13.3. The van der Waals surface area contributed by atoms with E-state index in [0.29, 0.717) is 5.92 Å². The van der Waals surface area contributed by atoms with Crippen molar-refractivity contribution in [3.63, 3.8) is 0 Å². The molecule has 2 heterocycles. The molecule has 1 saturated carbocycles. The van der Waals surface area contributed by atoms with Crippen LogP contribution in [0.15, 0.2) is 6.20 Å². The third kappa shape index (κ3) is 2.34. The molecule has 1 aliphatic rings. The molecule has 21 heavy (non-hydrogen) atoms. The Balaban J connectivity index is 2.09. The zero-order valence-corrected chi connectivity index (χ0v) is 13.3. The maximum atomic E-state index is 6.43. The van der Waals surface area contributed by atoms with Crippen LogP contribution in [0.2, 0.25) is 0 Å². The summed E-state index contributed by atoms with van der Waals surface area (Å²) in [6.07, 6.45) is 8.06. The second kappa shape index (κ2) is 5.54. The number of imidazole rings is 1. The Hall–Kier alpha value is -1.78. The average Bonchev–Trinajstić information content (AvgIpc) is 3.16. The fourth-order valence-electron chi connectivity index (χ4n) is 3.37. The van der Waals surface area contributed by atoms with Gasteiger partial charge in [0.1, 0.15) is 17.3 Å². The van der Waals surface area contributed by atoms with E-state index >= 15 is 0 Å². The number of hydrogen-bond donors (Lipinski definition) is 1. The molecule has 2 aromatic heterocycles. The summed E-state index contributed by atoms with van der Waals surface area (Å²) < 4.78 is 4.11. The molecule has 0 unspecified atom stereocenters. The van der Waals surface area contributed by atoms with Crippen molar-refractivity contribution < 1.29 is 0 Å². The van der Waals surface area contributed by atoms with E-state index in [4.69, 9.17) is 10.7 Å². The van der Waals surface area contributed by atoms with E-state index in [0.717, 1.165) is 35.7 Å². The highest BCUT2D eigenvalue weighted by Crippen LogP contribution is 2.38. The van der Waals surface area contributed by atoms with Gasteiger partial charge in [0.15, 0.2) is 0 Å². The fraction of sp³-hybridized carbons (Fsp3) is 0.625. The minimum absolute atomic E-state index is 0.574. The predicted octanol–water partition coefficient (Wildman–Crippen LogP) is 3.24. The molecule has 0 aromatic carbocycles. The van der Waals surface area contributed by atoms with Gasteiger partial charge in [-0.3, -0.25) is 4.68 Å². The van der Waals surface area contributed by atoms with Gasteiger partial charge in [-0.25, -0.2) is 4.98 Å². The highest BCUT2D eigenvalue weighted by Gasteiger charge is 2.26. The van der Waals surface area contributed by atoms with Gasteiger partial charge in [0.25, 0.3) is 0 Å². The van der Waals surface area contributed by atoms with Crippen LogP contribution in [-0.4, -0.2) is 19.3 Å². The molecule has 0 atom stereocenters. The molecular weight excluding hydrogens is 262 g/mol. The van der Waals surface area contributed by atoms with Gasteiger partial charge >= 0.3 is 0 Å². The van der Waals surface area contributed by atoms with Gasteiger partial charge in [-0.1, -0.05) is 19.8 Å². The van der Waals surface area contributed by atoms with Crippen LogP contribution in [0.25, 0.3) is 11.3 Å². The first-order valence-corrected chi connectivity index (χ1v) is 7.98. The van der Waals surface area contributed by atoms with Gasteiger partial charge in [0.2, 0.25) is 0 Å². The number of hydrogen-bond acceptors (Lipinski definition) is 3. The first-order valence-electron chi connectivity index (χ1n) is 7.98. The topological polar surface area (TPSA) is 61.7 Å². The van der Waals surface area contributed by atoms with E-state index < -0.39 is 0 Å². The molecule has 0 radical (unpaired) electrons. The van der Waals surface area contributed by atoms with Crippen molar-refractivity contribution >= 4 is 5.82 Å². The van der Waals surface area contributed by atoms with E-state index in [9.17, 15) is 0 Å². The Labute approximate surface area is 126 Å². The molecule has 2 N–H and O–H groups in total. The molecule has 0 spiro atoms. The number of nitrogens with zero attached hydrogens (tertiary/aromatic N) is 4. The Morgan fingerprint density at radius 3 is 2.62 bits per heavy atom. The number of aromatic nitrogens is 4. The Kier molecular flexibility index (Phi) is 3.74. The number of rotatable bonds is 4. The second-order valence-electron chi connectivity index (χ2n) is 6.10. The molecule has 5 heteroatoms. The minimum Gasteiger partial charge on any atom is -0.383 e. The van der Waals surface area contributed by atoms with E-state index in [-0.39, 0.29) is 0 Å². The molecule has 1 aliphatic carbocycles. The fourth-order valence-corrected chi connectivity index (χ4v) is 3.37. The Morgan fingerprint density at radius 1 is 1.33 bits per heavy atom. The molecule has 5 nitrogen and oxygen atoms in total. The van der Waals surface area contributed by atoms with Crippen LogP contribution in [0.3, 0.4) is 0 Å². The summed E-state index contributed by atoms with van der Waals surface area (Å²) >= 11 is 0. The largest absolute Gasteiger partial charge is 0.383 e. The quantitative estimate of drug-likeness (QED) is 0.939. The van der Waals surface area contributed by atoms with Crippen molar-refractivity contribution in [2.24, 2.45) is 7.05 Å². The van der Waals surface area contributed by atoms with Crippen molar-refractivity contribution in [3.05, 3.63) is 17.7 Å². The lowest BCUT2D eigenvalue weighted by Gasteiger charge is -2.12. The molecule has 3 rings (SSSR count). The standard InChI is InChI=1S/C16H25N5/c1-4-9-21-15(17)14(13-10-18-20(3)11(13)2)19-16(21)12-7-5-6-8-12/h10,12H,4-9,17H2,1-3H3. The van der Waals surface area contributed by atoms with E-state index in [1.54, 1.807) is 0 Å². The number of nitrogens with two attached hydrogens (primary N) is 1. The average molecular weight is 287 g/mol. The Bertz CT molecular complexity index is 631. The van der Waals surface area contributed by atoms with Crippen LogP contribution in [0.5, 0.6) is 0 Å². The lowest BCUT2D eigenvalue weighted by atomic mass is 10.1. The first kappa shape index (κ1) is 14.2. The van der Waals surface area contributed by atoms with Gasteiger partial charge in [-0.05, 0) is 26.2 Å². The third-order valence-corrected chi connectivity index (χ3v) is 4.69. The molecule has 0 amide bonds. The van der Waals surface area contributed by atoms with Crippen molar-refractivity contribution in [2.45, 2.75) is 58.4 Å². The smallest absolute Gasteiger partial charge is 0.131 e. The van der Waals surface area contributed by atoms with E-state index in [1.165, 1.54) is 31.5 Å². The molecule has 1 fully saturated rings. The summed E-state index contributed by atoms with van der Waals surface area (Å²) in [5.74, 6) is 2.56. The highest BCUT2D eigenvalue weighted by molar-refractivity contribution is 5.72. The molecule has 114 valence electrons. The van der Waals surface area contributed by atoms with Crippen LogP contribution in [0.1, 0.15) is 56.5 Å². The second-order valence-corrected chi connectivity index (χ2v) is 6.10. The van der Waals surface area contributed by atoms with Gasteiger partial charge in [-0.15, -0.1) is 0 Å². The van der Waals surface area contributed by atoms with Crippen molar-refractivity contribution in [3.8, 4) is 11.3 Å². The molecule has 0 saturated heterocycles. The summed E-state index contributed by atoms with van der Waals surface area (Å²) in [4.78, 5) is 4.94. The SMILES string of the molecule is CCCn1c(C2CCCC2)nc(-c2cnn(C)c2C)c1N. The van der Waals surface area contributed by atoms with E-state index in [1.807, 2.05) is 17.9 Å². The number of aryl methyl sites for hydroxylation is 1. The zero-order chi connectivity index (χ0) is 15.0. The maximum absolute atomic E-state index is 6.43. The number of anilines is 1. The van der Waals surface area contributed by atoms with Crippen LogP contribution in [0, 0.1) is 6.92 Å². The lowest BCUT2D eigenvalue weighted by molar-refractivity contribution is 0.579. The molecular formula is C16H25N5. The molecule has 2 aromatic rings. The number of nitrogen functional groups attached to an aromatic ring is 1. The van der Waals surface area contributed by atoms with Crippen LogP contribution >= 0.6 is 0 Å². The molecule has 0 aliphatic heterocycles. The summed E-state index contributed by atoms with van der Waals surface area (Å²) in [6.45, 7) is 5.20. The summed E-state index contributed by atoms with van der Waals surface area (Å²) in [7, 11) is 1.95.